The number of nitrogens with zero attached hydrogens (tertiary/aromatic N) is 2. The van der Waals surface area contributed by atoms with Gasteiger partial charge in [-0.2, -0.15) is 0 Å². The molecule has 0 atom stereocenters. The van der Waals surface area contributed by atoms with Crippen molar-refractivity contribution in [2.75, 3.05) is 6.54 Å². The summed E-state index contributed by atoms with van der Waals surface area (Å²) < 4.78 is 1.24. The number of carbonyl (C=O) groups is 1. The average molecular weight is 265 g/mol. The molecule has 0 unspecified atom stereocenters. The third-order valence-corrected chi connectivity index (χ3v) is 3.50. The van der Waals surface area contributed by atoms with Gasteiger partial charge in [-0.25, -0.2) is 9.78 Å². The number of aromatic nitrogens is 2. The monoisotopic (exact) mass is 265 g/mol. The highest BCUT2D eigenvalue weighted by molar-refractivity contribution is 5.75. The van der Waals surface area contributed by atoms with E-state index < -0.39 is 11.3 Å². The molecule has 1 aliphatic rings. The summed E-state index contributed by atoms with van der Waals surface area (Å²) in [5.74, 6) is -0.283. The Bertz CT molecular complexity index is 492. The van der Waals surface area contributed by atoms with Crippen LogP contribution < -0.4 is 11.0 Å². The molecule has 1 aromatic heterocycles. The lowest BCUT2D eigenvalue weighted by Gasteiger charge is -2.32. The molecule has 0 radical (unpaired) electrons. The number of amides is 1. The maximum atomic E-state index is 11.7. The first-order chi connectivity index (χ1) is 9.09. The number of carbonyl (C=O) groups excluding carboxylic acids is 1. The molecule has 0 saturated heterocycles. The van der Waals surface area contributed by atoms with E-state index in [0.29, 0.717) is 0 Å². The van der Waals surface area contributed by atoms with Crippen molar-refractivity contribution in [1.29, 1.82) is 0 Å². The number of hydrogen-bond donors (Lipinski definition) is 2. The van der Waals surface area contributed by atoms with Crippen molar-refractivity contribution >= 4 is 5.91 Å². The molecule has 1 aliphatic carbocycles. The summed E-state index contributed by atoms with van der Waals surface area (Å²) in [5.41, 5.74) is -1.23. The van der Waals surface area contributed by atoms with Crippen molar-refractivity contribution in [2.45, 2.75) is 44.2 Å². The quantitative estimate of drug-likeness (QED) is 0.806. The van der Waals surface area contributed by atoms with Gasteiger partial charge < -0.3 is 10.4 Å². The molecular weight excluding hydrogens is 246 g/mol. The molecule has 6 heteroatoms. The molecule has 2 N–H and O–H groups in total. The van der Waals surface area contributed by atoms with Gasteiger partial charge in [-0.05, 0) is 18.9 Å². The molecule has 0 aromatic carbocycles. The number of hydrogen-bond acceptors (Lipinski definition) is 4. The van der Waals surface area contributed by atoms with Gasteiger partial charge in [-0.15, -0.1) is 0 Å². The fourth-order valence-corrected chi connectivity index (χ4v) is 2.37. The Hall–Kier alpha value is -1.69. The van der Waals surface area contributed by atoms with Gasteiger partial charge in [0, 0.05) is 18.9 Å². The van der Waals surface area contributed by atoms with E-state index in [1.165, 1.54) is 17.0 Å². The van der Waals surface area contributed by atoms with Crippen LogP contribution >= 0.6 is 0 Å². The van der Waals surface area contributed by atoms with E-state index in [9.17, 15) is 14.7 Å². The van der Waals surface area contributed by atoms with E-state index in [-0.39, 0.29) is 19.0 Å². The van der Waals surface area contributed by atoms with Crippen molar-refractivity contribution in [1.82, 2.24) is 14.9 Å². The molecule has 1 heterocycles. The van der Waals surface area contributed by atoms with Crippen LogP contribution in [0, 0.1) is 0 Å². The molecule has 1 aromatic rings. The van der Waals surface area contributed by atoms with Gasteiger partial charge in [0.25, 0.3) is 0 Å². The molecule has 104 valence electrons. The number of rotatable bonds is 4. The molecule has 0 bridgehead atoms. The molecule has 0 spiro atoms. The maximum Gasteiger partial charge on any atom is 0.347 e. The van der Waals surface area contributed by atoms with Gasteiger partial charge in [0.2, 0.25) is 5.91 Å². The minimum Gasteiger partial charge on any atom is -0.388 e. The Morgan fingerprint density at radius 2 is 2.16 bits per heavy atom. The van der Waals surface area contributed by atoms with Gasteiger partial charge in [0.1, 0.15) is 6.54 Å². The minimum atomic E-state index is -0.784. The first kappa shape index (κ1) is 13.7. The minimum absolute atomic E-state index is 0.0667. The van der Waals surface area contributed by atoms with E-state index in [0.717, 1.165) is 32.1 Å². The van der Waals surface area contributed by atoms with Crippen LogP contribution in [0.3, 0.4) is 0 Å². The van der Waals surface area contributed by atoms with E-state index in [1.807, 2.05) is 0 Å². The zero-order valence-corrected chi connectivity index (χ0v) is 10.8. The number of aliphatic hydroxyl groups is 1. The lowest BCUT2D eigenvalue weighted by Crippen LogP contribution is -2.45. The lowest BCUT2D eigenvalue weighted by atomic mass is 9.85. The van der Waals surface area contributed by atoms with Crippen LogP contribution in [0.2, 0.25) is 0 Å². The highest BCUT2D eigenvalue weighted by atomic mass is 16.3. The normalized spacial score (nSPS) is 17.9. The van der Waals surface area contributed by atoms with E-state index in [2.05, 4.69) is 10.3 Å². The summed E-state index contributed by atoms with van der Waals surface area (Å²) in [6, 6.07) is 1.60. The predicted octanol–water partition coefficient (Wildman–Crippen LogP) is 0.0547. The second-order valence-electron chi connectivity index (χ2n) is 5.09. The fraction of sp³-hybridized carbons (Fsp3) is 0.615. The Morgan fingerprint density at radius 1 is 1.42 bits per heavy atom. The van der Waals surface area contributed by atoms with Crippen LogP contribution in [0.1, 0.15) is 32.1 Å². The molecule has 2 rings (SSSR count). The van der Waals surface area contributed by atoms with Crippen molar-refractivity contribution in [3.8, 4) is 0 Å². The van der Waals surface area contributed by atoms with Crippen LogP contribution in [0.4, 0.5) is 0 Å². The topological polar surface area (TPSA) is 84.2 Å². The van der Waals surface area contributed by atoms with E-state index >= 15 is 0 Å². The van der Waals surface area contributed by atoms with Crippen molar-refractivity contribution < 1.29 is 9.90 Å². The van der Waals surface area contributed by atoms with Gasteiger partial charge in [0.15, 0.2) is 0 Å². The molecule has 19 heavy (non-hydrogen) atoms. The van der Waals surface area contributed by atoms with Gasteiger partial charge >= 0.3 is 5.69 Å². The molecular formula is C13H19N3O3. The lowest BCUT2D eigenvalue weighted by molar-refractivity contribution is -0.123. The summed E-state index contributed by atoms with van der Waals surface area (Å²) in [4.78, 5) is 26.7. The second-order valence-corrected chi connectivity index (χ2v) is 5.09. The highest BCUT2D eigenvalue weighted by Crippen LogP contribution is 2.27. The largest absolute Gasteiger partial charge is 0.388 e. The van der Waals surface area contributed by atoms with Crippen molar-refractivity contribution in [2.24, 2.45) is 0 Å². The summed E-state index contributed by atoms with van der Waals surface area (Å²) in [6.45, 7) is 0.184. The standard InChI is InChI=1S/C13H19N3O3/c17-11(9-16-8-4-7-14-12(16)18)15-10-13(19)5-2-1-3-6-13/h4,7-8,19H,1-3,5-6,9-10H2,(H,15,17). The van der Waals surface area contributed by atoms with Crippen molar-refractivity contribution in [3.05, 3.63) is 28.9 Å². The van der Waals surface area contributed by atoms with Crippen molar-refractivity contribution in [3.63, 3.8) is 0 Å². The van der Waals surface area contributed by atoms with Gasteiger partial charge in [0.05, 0.1) is 5.60 Å². The predicted molar refractivity (Wildman–Crippen MR) is 69.5 cm³/mol. The van der Waals surface area contributed by atoms with Crippen LogP contribution in [-0.2, 0) is 11.3 Å². The highest BCUT2D eigenvalue weighted by Gasteiger charge is 2.29. The Balaban J connectivity index is 1.85. The second kappa shape index (κ2) is 5.97. The Kier molecular flexibility index (Phi) is 4.31. The Morgan fingerprint density at radius 3 is 2.84 bits per heavy atom. The van der Waals surface area contributed by atoms with E-state index in [4.69, 9.17) is 0 Å². The summed E-state index contributed by atoms with van der Waals surface area (Å²) in [5, 5.41) is 12.9. The van der Waals surface area contributed by atoms with Crippen LogP contribution in [-0.4, -0.2) is 32.7 Å². The smallest absolute Gasteiger partial charge is 0.347 e. The van der Waals surface area contributed by atoms with Crippen LogP contribution in [0.25, 0.3) is 0 Å². The van der Waals surface area contributed by atoms with Crippen LogP contribution in [0.15, 0.2) is 23.3 Å². The average Bonchev–Trinajstić information content (AvgIpc) is 2.40. The van der Waals surface area contributed by atoms with Gasteiger partial charge in [-0.1, -0.05) is 19.3 Å². The zero-order chi connectivity index (χ0) is 13.7. The summed E-state index contributed by atoms with van der Waals surface area (Å²) >= 11 is 0. The van der Waals surface area contributed by atoms with Gasteiger partial charge in [-0.3, -0.25) is 9.36 Å². The fourth-order valence-electron chi connectivity index (χ4n) is 2.37. The molecule has 1 saturated carbocycles. The first-order valence-corrected chi connectivity index (χ1v) is 6.60. The Labute approximate surface area is 111 Å². The van der Waals surface area contributed by atoms with Crippen LogP contribution in [0.5, 0.6) is 0 Å². The molecule has 0 aliphatic heterocycles. The third kappa shape index (κ3) is 3.89. The third-order valence-electron chi connectivity index (χ3n) is 3.50. The molecule has 1 amide bonds. The first-order valence-electron chi connectivity index (χ1n) is 6.60. The summed E-state index contributed by atoms with van der Waals surface area (Å²) in [6.07, 6.45) is 7.48. The summed E-state index contributed by atoms with van der Waals surface area (Å²) in [7, 11) is 0. The SMILES string of the molecule is O=C(Cn1cccnc1=O)NCC1(O)CCCCC1. The van der Waals surface area contributed by atoms with E-state index in [1.54, 1.807) is 6.07 Å². The zero-order valence-electron chi connectivity index (χ0n) is 10.8. The number of nitrogens with one attached hydrogen (secondary N) is 1. The maximum absolute atomic E-state index is 11.7. The molecule has 6 nitrogen and oxygen atoms in total. The molecule has 1 fully saturated rings.